The molecule has 1 N–H and O–H groups in total. The molecule has 2 aromatic rings. The van der Waals surface area contributed by atoms with Crippen LogP contribution in [0.3, 0.4) is 0 Å². The number of ether oxygens (including phenoxy) is 1. The highest BCUT2D eigenvalue weighted by Crippen LogP contribution is 2.40. The summed E-state index contributed by atoms with van der Waals surface area (Å²) in [7, 11) is 0. The molecule has 142 valence electrons. The van der Waals surface area contributed by atoms with Crippen molar-refractivity contribution in [3.63, 3.8) is 0 Å². The van der Waals surface area contributed by atoms with E-state index in [1.165, 1.54) is 16.7 Å². The van der Waals surface area contributed by atoms with E-state index in [0.29, 0.717) is 22.0 Å². The summed E-state index contributed by atoms with van der Waals surface area (Å²) in [6, 6.07) is 14.8. The zero-order chi connectivity index (χ0) is 27.4. The second kappa shape index (κ2) is 8.89. The Morgan fingerprint density at radius 3 is 2.67 bits per heavy atom. The summed E-state index contributed by atoms with van der Waals surface area (Å²) >= 11 is 1.48. The molecule has 0 atom stereocenters. The molecule has 0 saturated carbocycles. The molecule has 2 aliphatic rings. The highest BCUT2D eigenvalue weighted by Gasteiger charge is 2.24. The van der Waals surface area contributed by atoms with E-state index in [1.54, 1.807) is 12.1 Å². The van der Waals surface area contributed by atoms with Gasteiger partial charge in [-0.05, 0) is 18.2 Å². The summed E-state index contributed by atoms with van der Waals surface area (Å²) in [5.41, 5.74) is 1.31. The summed E-state index contributed by atoms with van der Waals surface area (Å²) in [5, 5.41) is 9.34. The molecule has 27 heavy (non-hydrogen) atoms. The number of para-hydroxylation sites is 1. The molecule has 2 aromatic carbocycles. The lowest BCUT2D eigenvalue weighted by Crippen LogP contribution is -2.49. The SMILES string of the molecule is [2H]C([2H])(COC([2H])([2H])C([2H])([2H])O)N1C([2H])([2H])CN(C2=Nc3ccccc3Sc3ccccc32)CC1([2H])[2H]. The molecule has 0 aliphatic carbocycles. The second-order valence-corrected chi connectivity index (χ2v) is 6.75. The van der Waals surface area contributed by atoms with E-state index in [9.17, 15) is 5.11 Å². The van der Waals surface area contributed by atoms with Gasteiger partial charge < -0.3 is 14.7 Å². The largest absolute Gasteiger partial charge is 0.394 e. The number of fused-ring (bicyclic) bond motifs is 2. The van der Waals surface area contributed by atoms with Crippen LogP contribution in [0, 0.1) is 0 Å². The van der Waals surface area contributed by atoms with Gasteiger partial charge in [0.05, 0.1) is 30.9 Å². The number of hydrogen-bond donors (Lipinski definition) is 1. The lowest BCUT2D eigenvalue weighted by Gasteiger charge is -2.36. The fourth-order valence-electron chi connectivity index (χ4n) is 2.76. The van der Waals surface area contributed by atoms with Gasteiger partial charge in [-0.15, -0.1) is 0 Å². The van der Waals surface area contributed by atoms with Crippen molar-refractivity contribution in [1.82, 2.24) is 9.80 Å². The number of benzene rings is 2. The van der Waals surface area contributed by atoms with E-state index in [1.807, 2.05) is 36.4 Å². The van der Waals surface area contributed by atoms with Crippen LogP contribution in [-0.2, 0) is 4.74 Å². The van der Waals surface area contributed by atoms with Gasteiger partial charge in [0.15, 0.2) is 0 Å². The number of nitrogens with zero attached hydrogens (tertiary/aromatic N) is 3. The summed E-state index contributed by atoms with van der Waals surface area (Å²) in [5.74, 6) is 0.335. The summed E-state index contributed by atoms with van der Waals surface area (Å²) in [4.78, 5) is 8.24. The molecule has 4 rings (SSSR count). The van der Waals surface area contributed by atoms with Crippen LogP contribution < -0.4 is 0 Å². The average Bonchev–Trinajstić information content (AvgIpc) is 2.92. The first-order valence-electron chi connectivity index (χ1n) is 13.3. The smallest absolute Gasteiger partial charge is 0.137 e. The van der Waals surface area contributed by atoms with Gasteiger partial charge in [-0.2, -0.15) is 0 Å². The van der Waals surface area contributed by atoms with Crippen LogP contribution in [0.2, 0.25) is 0 Å². The first-order valence-corrected chi connectivity index (χ1v) is 9.13. The predicted octanol–water partition coefficient (Wildman–Crippen LogP) is 2.86. The predicted molar refractivity (Wildman–Crippen MR) is 109 cm³/mol. The van der Waals surface area contributed by atoms with Gasteiger partial charge in [0.2, 0.25) is 0 Å². The van der Waals surface area contributed by atoms with Gasteiger partial charge in [0, 0.05) is 56.2 Å². The lowest BCUT2D eigenvalue weighted by atomic mass is 10.1. The van der Waals surface area contributed by atoms with Gasteiger partial charge in [-0.3, -0.25) is 4.90 Å². The summed E-state index contributed by atoms with van der Waals surface area (Å²) < 4.78 is 85.1. The van der Waals surface area contributed by atoms with Crippen molar-refractivity contribution in [3.05, 3.63) is 54.1 Å². The summed E-state index contributed by atoms with van der Waals surface area (Å²) in [6.45, 7) is -17.1. The molecule has 0 aromatic heterocycles. The molecule has 5 nitrogen and oxygen atoms in total. The minimum absolute atomic E-state index is 0.332. The number of piperazine rings is 1. The second-order valence-electron chi connectivity index (χ2n) is 5.67. The number of rotatable bonds is 5. The zero-order valence-corrected chi connectivity index (χ0v) is 15.2. The Morgan fingerprint density at radius 2 is 1.85 bits per heavy atom. The van der Waals surface area contributed by atoms with E-state index in [0.717, 1.165) is 9.79 Å². The van der Waals surface area contributed by atoms with E-state index < -0.39 is 52.3 Å². The van der Waals surface area contributed by atoms with E-state index >= 15 is 0 Å². The maximum Gasteiger partial charge on any atom is 0.137 e. The molecular formula is C21H25N3O2S. The van der Waals surface area contributed by atoms with Gasteiger partial charge in [0.25, 0.3) is 0 Å². The molecule has 2 aliphatic heterocycles. The average molecular weight is 394 g/mol. The number of hydrogen-bond acceptors (Lipinski definition) is 6. The first kappa shape index (κ1) is 10.1. The Balaban J connectivity index is 1.68. The Morgan fingerprint density at radius 1 is 1.11 bits per heavy atom. The zero-order valence-electron chi connectivity index (χ0n) is 24.3. The molecule has 1 saturated heterocycles. The highest BCUT2D eigenvalue weighted by molar-refractivity contribution is 7.99. The van der Waals surface area contributed by atoms with Crippen molar-refractivity contribution in [2.24, 2.45) is 4.99 Å². The van der Waals surface area contributed by atoms with Crippen LogP contribution in [0.5, 0.6) is 0 Å². The Kier molecular flexibility index (Phi) is 3.31. The maximum atomic E-state index is 9.34. The van der Waals surface area contributed by atoms with Crippen molar-refractivity contribution in [1.29, 1.82) is 0 Å². The molecule has 0 bridgehead atoms. The molecule has 6 heteroatoms. The third-order valence-electron chi connectivity index (χ3n) is 3.99. The van der Waals surface area contributed by atoms with Crippen molar-refractivity contribution >= 4 is 23.3 Å². The van der Waals surface area contributed by atoms with Gasteiger partial charge in [-0.25, -0.2) is 4.99 Å². The highest BCUT2D eigenvalue weighted by atomic mass is 32.2. The molecule has 0 amide bonds. The molecule has 1 fully saturated rings. The van der Waals surface area contributed by atoms with Gasteiger partial charge >= 0.3 is 0 Å². The lowest BCUT2D eigenvalue weighted by molar-refractivity contribution is 0.0652. The molecule has 0 unspecified atom stereocenters. The third-order valence-corrected chi connectivity index (χ3v) is 5.13. The van der Waals surface area contributed by atoms with Crippen molar-refractivity contribution < 1.29 is 23.6 Å². The van der Waals surface area contributed by atoms with Gasteiger partial charge in [0.1, 0.15) is 5.84 Å². The van der Waals surface area contributed by atoms with E-state index in [2.05, 4.69) is 4.74 Å². The minimum atomic E-state index is -3.46. The number of aliphatic imine (C=N–C) groups is 1. The van der Waals surface area contributed by atoms with Crippen molar-refractivity contribution in [2.75, 3.05) is 52.3 Å². The fourth-order valence-corrected chi connectivity index (χ4v) is 3.78. The van der Waals surface area contributed by atoms with Crippen LogP contribution in [0.1, 0.15) is 19.3 Å². The Hall–Kier alpha value is -1.86. The van der Waals surface area contributed by atoms with Crippen LogP contribution >= 0.6 is 11.8 Å². The molecule has 0 spiro atoms. The molecule has 2 heterocycles. The van der Waals surface area contributed by atoms with Crippen LogP contribution in [0.15, 0.2) is 63.3 Å². The van der Waals surface area contributed by atoms with Crippen molar-refractivity contribution in [3.8, 4) is 0 Å². The normalized spacial score (nSPS) is 27.9. The van der Waals surface area contributed by atoms with E-state index in [4.69, 9.17) is 18.7 Å². The number of amidine groups is 1. The van der Waals surface area contributed by atoms with E-state index in [-0.39, 0.29) is 0 Å². The van der Waals surface area contributed by atoms with Crippen LogP contribution in [0.25, 0.3) is 0 Å². The monoisotopic (exact) mass is 393 g/mol. The van der Waals surface area contributed by atoms with Crippen molar-refractivity contribution in [2.45, 2.75) is 9.79 Å². The first-order chi connectivity index (χ1) is 16.9. The Labute approximate surface area is 178 Å². The topological polar surface area (TPSA) is 48.3 Å². The third kappa shape index (κ3) is 4.35. The van der Waals surface area contributed by atoms with Gasteiger partial charge in [-0.1, -0.05) is 42.1 Å². The van der Waals surface area contributed by atoms with Crippen LogP contribution in [0.4, 0.5) is 5.69 Å². The molecular weight excluding hydrogens is 358 g/mol. The van der Waals surface area contributed by atoms with Crippen LogP contribution in [-0.4, -0.2) is 73.0 Å². The maximum absolute atomic E-state index is 9.34. The standard InChI is InChI=1S/C21H25N3O2S/c25-14-16-26-15-13-23-9-11-24(12-10-23)21-17-5-1-3-7-19(17)27-20-8-4-2-6-18(20)22-21/h1-8,25H,9-16H2/i9D2,10D2,13D2,14D2,16D2. The number of aliphatic hydroxyl groups is 1. The minimum Gasteiger partial charge on any atom is -0.394 e. The fraction of sp³-hybridized carbons (Fsp3) is 0.381. The summed E-state index contributed by atoms with van der Waals surface area (Å²) in [6.07, 6.45) is 0. The molecule has 0 radical (unpaired) electrons. The quantitative estimate of drug-likeness (QED) is 0.846. The Bertz CT molecular complexity index is 1190.